The van der Waals surface area contributed by atoms with Crippen LogP contribution in [0.5, 0.6) is 0 Å². The van der Waals surface area contributed by atoms with Crippen molar-refractivity contribution in [1.82, 2.24) is 40.9 Å². The SMILES string of the molecule is CN1CC[C@H]2CC[C@@H](C(=O)N[C@@H](COC(N)=O)C(=O)N[C@@H](Cc3ccc(Cl)c(Cl)c3)C(=O)N3CCC(CCC#Cc4cccc5c4CN(C4CCC(=O)NC4=O)C5=O)CC3)N2C(=O)[C@@H](NC(=O)c2cc3cc(C(F)(F)P(=O)(O)O)ccc3s2)C1. The van der Waals surface area contributed by atoms with Gasteiger partial charge in [0.15, 0.2) is 0 Å². The number of rotatable bonds is 16. The van der Waals surface area contributed by atoms with Gasteiger partial charge < -0.3 is 55.8 Å². The topological polar surface area (TPSA) is 307 Å². The lowest BCUT2D eigenvalue weighted by Crippen LogP contribution is -2.62. The third-order valence-corrected chi connectivity index (χ3v) is 18.8. The fraction of sp³-hybridized carbons (Fsp3) is 0.446. The van der Waals surface area contributed by atoms with E-state index in [9.17, 15) is 66.3 Å². The van der Waals surface area contributed by atoms with Gasteiger partial charge in [-0.2, -0.15) is 8.78 Å². The van der Waals surface area contributed by atoms with E-state index in [1.54, 1.807) is 42.3 Å². The molecule has 0 radical (unpaired) electrons. The second-order valence-electron chi connectivity index (χ2n) is 21.6. The zero-order chi connectivity index (χ0) is 60.4. The van der Waals surface area contributed by atoms with Crippen LogP contribution in [0.2, 0.25) is 10.0 Å². The van der Waals surface area contributed by atoms with Crippen molar-refractivity contribution in [2.24, 2.45) is 11.7 Å². The van der Waals surface area contributed by atoms with E-state index in [1.165, 1.54) is 21.9 Å². The molecule has 8 N–H and O–H groups in total. The molecule has 446 valence electrons. The third kappa shape index (κ3) is 13.7. The fourth-order valence-corrected chi connectivity index (χ4v) is 13.2. The number of thiophene rings is 1. The van der Waals surface area contributed by atoms with Gasteiger partial charge in [-0.25, -0.2) is 4.79 Å². The molecule has 0 aliphatic carbocycles. The van der Waals surface area contributed by atoms with Gasteiger partial charge in [0.05, 0.1) is 14.9 Å². The van der Waals surface area contributed by atoms with Crippen molar-refractivity contribution in [2.45, 2.75) is 113 Å². The number of amides is 9. The predicted octanol–water partition coefficient (Wildman–Crippen LogP) is 4.37. The number of ether oxygens (including phenoxy) is 1. The number of carbonyl (C=O) groups is 9. The van der Waals surface area contributed by atoms with Crippen LogP contribution in [0, 0.1) is 17.8 Å². The summed E-state index contributed by atoms with van der Waals surface area (Å²) in [5, 5.41) is 11.0. The molecular weight excluding hydrogens is 1180 g/mol. The number of carbonyl (C=O) groups excluding carboxylic acids is 9. The van der Waals surface area contributed by atoms with E-state index in [1.807, 2.05) is 11.0 Å². The summed E-state index contributed by atoms with van der Waals surface area (Å²) in [5.74, 6) is 1.91. The summed E-state index contributed by atoms with van der Waals surface area (Å²) in [5.41, 5.74) is 2.29. The summed E-state index contributed by atoms with van der Waals surface area (Å²) in [4.78, 5) is 146. The molecule has 0 saturated carbocycles. The summed E-state index contributed by atoms with van der Waals surface area (Å²) < 4.78 is 46.1. The van der Waals surface area contributed by atoms with Crippen LogP contribution in [0.3, 0.4) is 0 Å². The number of nitrogens with one attached hydrogen (secondary N) is 4. The van der Waals surface area contributed by atoms with Crippen molar-refractivity contribution in [2.75, 3.05) is 39.8 Å². The first-order valence-electron chi connectivity index (χ1n) is 27.2. The highest BCUT2D eigenvalue weighted by Crippen LogP contribution is 2.59. The number of hydrogen-bond acceptors (Lipinski definition) is 13. The zero-order valence-corrected chi connectivity index (χ0v) is 48.5. The van der Waals surface area contributed by atoms with Crippen LogP contribution in [-0.4, -0.2) is 159 Å². The number of halogens is 4. The average Bonchev–Trinajstić information content (AvgIpc) is 3.56. The number of nitrogens with zero attached hydrogens (tertiary/aromatic N) is 4. The Hall–Kier alpha value is -7.04. The maximum atomic E-state index is 14.6. The van der Waals surface area contributed by atoms with Crippen molar-refractivity contribution in [1.29, 1.82) is 0 Å². The number of likely N-dealkylation sites (tertiary alicyclic amines) is 1. The highest BCUT2D eigenvalue weighted by molar-refractivity contribution is 7.52. The van der Waals surface area contributed by atoms with Gasteiger partial charge in [-0.15, -0.1) is 11.3 Å². The Kier molecular flexibility index (Phi) is 18.8. The Balaban J connectivity index is 0.849. The number of primary amides is 1. The van der Waals surface area contributed by atoms with E-state index in [-0.39, 0.29) is 76.8 Å². The van der Waals surface area contributed by atoms with Crippen LogP contribution >= 0.6 is 42.1 Å². The molecule has 84 heavy (non-hydrogen) atoms. The highest BCUT2D eigenvalue weighted by atomic mass is 35.5. The van der Waals surface area contributed by atoms with Crippen LogP contribution in [0.15, 0.2) is 60.7 Å². The van der Waals surface area contributed by atoms with Crippen molar-refractivity contribution >= 4 is 106 Å². The second kappa shape index (κ2) is 25.7. The molecule has 9 amide bonds. The van der Waals surface area contributed by atoms with Crippen LogP contribution in [0.1, 0.15) is 100 Å². The van der Waals surface area contributed by atoms with Crippen LogP contribution < -0.4 is 27.0 Å². The van der Waals surface area contributed by atoms with E-state index in [2.05, 4.69) is 33.1 Å². The standard InChI is InChI=1S/C56H60Cl2F2N9O13PS/c1-66-20-19-35-11-13-44(69(35)54(77)41(28-66)63-51(74)46-26-33-25-34(10-15-45(33)84-46)56(59,60)83(79,80)81)50(73)64-42(29-82-55(61)78)48(71)62-40(24-31-9-12-38(57)39(58)23-31)53(76)67-21-17-30(18-22-67)5-2-3-6-32-7-4-8-36-37(32)27-68(52(36)75)43-14-16-47(70)65-49(43)72/h4,7-10,12,15,23,25-26,30,35,40-44H,2,5,11,13-14,16-22,24,27-29H2,1H3,(H2,61,78)(H,62,71)(H,63,74)(H,64,73)(H,65,70,72)(H2,79,80,81)/t35-,40+,41+,42+,43?,44+/m1/s1. The smallest absolute Gasteiger partial charge is 0.404 e. The molecule has 3 aromatic carbocycles. The van der Waals surface area contributed by atoms with Gasteiger partial charge in [-0.3, -0.25) is 48.2 Å². The first-order valence-corrected chi connectivity index (χ1v) is 30.4. The second-order valence-corrected chi connectivity index (χ2v) is 25.1. The summed E-state index contributed by atoms with van der Waals surface area (Å²) in [6.45, 7) is 0.548. The number of fused-ring (bicyclic) bond motifs is 3. The van der Waals surface area contributed by atoms with E-state index in [4.69, 9.17) is 33.7 Å². The Morgan fingerprint density at radius 3 is 2.40 bits per heavy atom. The molecule has 4 saturated heterocycles. The third-order valence-electron chi connectivity index (χ3n) is 15.9. The Morgan fingerprint density at radius 1 is 0.929 bits per heavy atom. The highest BCUT2D eigenvalue weighted by Gasteiger charge is 2.51. The first kappa shape index (κ1) is 61.5. The molecule has 0 spiro atoms. The molecule has 22 nitrogen and oxygen atoms in total. The van der Waals surface area contributed by atoms with E-state index < -0.39 is 103 Å². The van der Waals surface area contributed by atoms with Gasteiger partial charge in [0, 0.05) is 72.9 Å². The van der Waals surface area contributed by atoms with Crippen molar-refractivity contribution in [3.63, 3.8) is 0 Å². The van der Waals surface area contributed by atoms with Crippen molar-refractivity contribution in [3.05, 3.63) is 103 Å². The molecule has 6 atom stereocenters. The normalized spacial score (nSPS) is 21.3. The number of alkyl halides is 2. The number of nitrogens with two attached hydrogens (primary N) is 1. The molecule has 5 aliphatic rings. The maximum Gasteiger partial charge on any atom is 0.404 e. The number of benzene rings is 3. The zero-order valence-electron chi connectivity index (χ0n) is 45.2. The van der Waals surface area contributed by atoms with E-state index >= 15 is 0 Å². The fourth-order valence-electron chi connectivity index (χ4n) is 11.4. The summed E-state index contributed by atoms with van der Waals surface area (Å²) in [6, 6.07) is 7.67. The Labute approximate surface area is 494 Å². The molecular formula is C56H60Cl2F2N9O13PS. The minimum atomic E-state index is -5.88. The minimum absolute atomic E-state index is 0.00203. The molecule has 5 aliphatic heterocycles. The first-order chi connectivity index (χ1) is 39.9. The summed E-state index contributed by atoms with van der Waals surface area (Å²) in [6.07, 6.45) is 2.44. The maximum absolute atomic E-state index is 14.6. The van der Waals surface area contributed by atoms with Gasteiger partial charge >= 0.3 is 19.4 Å². The number of imide groups is 1. The number of piperidine rings is 2. The lowest BCUT2D eigenvalue weighted by Gasteiger charge is -2.38. The number of hydrogen-bond donors (Lipinski definition) is 7. The largest absolute Gasteiger partial charge is 0.447 e. The molecule has 4 aromatic rings. The molecule has 28 heteroatoms. The van der Waals surface area contributed by atoms with E-state index in [0.717, 1.165) is 29.0 Å². The van der Waals surface area contributed by atoms with Crippen molar-refractivity contribution in [3.8, 4) is 11.8 Å². The van der Waals surface area contributed by atoms with Crippen molar-refractivity contribution < 1.29 is 71.0 Å². The molecule has 1 aromatic heterocycles. The molecule has 9 rings (SSSR count). The van der Waals surface area contributed by atoms with Gasteiger partial charge in [0.1, 0.15) is 36.8 Å². The summed E-state index contributed by atoms with van der Waals surface area (Å²) in [7, 11) is -4.13. The number of likely N-dealkylation sites (N-methyl/N-ethyl adjacent to an activating group) is 1. The lowest BCUT2D eigenvalue weighted by molar-refractivity contribution is -0.144. The minimum Gasteiger partial charge on any atom is -0.447 e. The van der Waals surface area contributed by atoms with E-state index in [0.29, 0.717) is 79.5 Å². The van der Waals surface area contributed by atoms with Crippen LogP contribution in [0.25, 0.3) is 10.1 Å². The van der Waals surface area contributed by atoms with Crippen LogP contribution in [-0.2, 0) is 56.7 Å². The van der Waals surface area contributed by atoms with Gasteiger partial charge in [-0.05, 0) is 123 Å². The molecule has 4 fully saturated rings. The van der Waals surface area contributed by atoms with Gasteiger partial charge in [0.25, 0.3) is 11.8 Å². The molecule has 0 bridgehead atoms. The van der Waals surface area contributed by atoms with Gasteiger partial charge in [-0.1, -0.05) is 53.2 Å². The molecule has 6 heterocycles. The van der Waals surface area contributed by atoms with Crippen LogP contribution in [0.4, 0.5) is 13.6 Å². The monoisotopic (exact) mass is 1240 g/mol. The Bertz CT molecular complexity index is 3440. The summed E-state index contributed by atoms with van der Waals surface area (Å²) >= 11 is 13.5. The quantitative estimate of drug-likeness (QED) is 0.0466. The lowest BCUT2D eigenvalue weighted by atomic mass is 9.91. The Morgan fingerprint density at radius 2 is 1.69 bits per heavy atom. The average molecular weight is 1240 g/mol. The molecule has 1 unspecified atom stereocenters. The van der Waals surface area contributed by atoms with Gasteiger partial charge in [0.2, 0.25) is 35.4 Å². The predicted molar refractivity (Wildman–Crippen MR) is 302 cm³/mol.